The lowest BCUT2D eigenvalue weighted by Crippen LogP contribution is -2.54. The van der Waals surface area contributed by atoms with Crippen molar-refractivity contribution in [2.75, 3.05) is 24.5 Å². The van der Waals surface area contributed by atoms with Crippen molar-refractivity contribution in [1.82, 2.24) is 15.0 Å². The number of urea groups is 1. The largest absolute Gasteiger partial charge is 0.390 e. The summed E-state index contributed by atoms with van der Waals surface area (Å²) in [5.41, 5.74) is -1.62. The molecule has 6 rings (SSSR count). The number of fused-ring (bicyclic) bond motifs is 3. The van der Waals surface area contributed by atoms with Crippen molar-refractivity contribution in [1.29, 1.82) is 0 Å². The zero-order valence-corrected chi connectivity index (χ0v) is 24.6. The zero-order valence-electron chi connectivity index (χ0n) is 23.0. The Morgan fingerprint density at radius 3 is 2.32 bits per heavy atom. The fourth-order valence-electron chi connectivity index (χ4n) is 6.71. The summed E-state index contributed by atoms with van der Waals surface area (Å²) < 4.78 is 20.6. The summed E-state index contributed by atoms with van der Waals surface area (Å²) >= 11 is 3.59. The van der Waals surface area contributed by atoms with E-state index in [0.717, 1.165) is 61.5 Å². The molecule has 3 saturated carbocycles. The lowest BCUT2D eigenvalue weighted by Gasteiger charge is -2.53. The highest BCUT2D eigenvalue weighted by atomic mass is 79.9. The summed E-state index contributed by atoms with van der Waals surface area (Å²) in [5.74, 6) is 0.882. The Hall–Kier alpha value is -2.00. The summed E-state index contributed by atoms with van der Waals surface area (Å²) in [6.45, 7) is 8.58. The molecule has 1 aliphatic heterocycles. The third kappa shape index (κ3) is 5.37. The third-order valence-electron chi connectivity index (χ3n) is 9.42. The summed E-state index contributed by atoms with van der Waals surface area (Å²) in [6.07, 6.45) is 7.25. The van der Waals surface area contributed by atoms with Crippen molar-refractivity contribution in [3.05, 3.63) is 40.5 Å². The second-order valence-corrected chi connectivity index (χ2v) is 13.9. The number of carbonyl (C=O) groups excluding carboxylic acids is 1. The van der Waals surface area contributed by atoms with Gasteiger partial charge in [0.1, 0.15) is 0 Å². The molecule has 1 N–H and O–H groups in total. The van der Waals surface area contributed by atoms with E-state index in [1.165, 1.54) is 13.8 Å². The Kier molecular flexibility index (Phi) is 7.16. The van der Waals surface area contributed by atoms with Crippen LogP contribution < -0.4 is 4.90 Å². The minimum atomic E-state index is -1.65. The first-order chi connectivity index (χ1) is 17.8. The fraction of sp³-hybridized carbons (Fsp3) is 0.690. The van der Waals surface area contributed by atoms with Crippen molar-refractivity contribution in [2.24, 2.45) is 11.3 Å². The minimum Gasteiger partial charge on any atom is -0.390 e. The van der Waals surface area contributed by atoms with Crippen molar-refractivity contribution >= 4 is 27.6 Å². The van der Waals surface area contributed by atoms with Crippen LogP contribution in [0.5, 0.6) is 0 Å². The number of halogens is 2. The number of amides is 2. The van der Waals surface area contributed by atoms with Crippen molar-refractivity contribution < 1.29 is 18.8 Å². The van der Waals surface area contributed by atoms with Gasteiger partial charge in [-0.1, -0.05) is 27.2 Å². The van der Waals surface area contributed by atoms with Gasteiger partial charge in [-0.25, -0.2) is 9.18 Å². The molecule has 0 radical (unpaired) electrons. The van der Waals surface area contributed by atoms with E-state index in [9.17, 15) is 14.3 Å². The quantitative estimate of drug-likeness (QED) is 0.403. The number of anilines is 1. The summed E-state index contributed by atoms with van der Waals surface area (Å²) in [7, 11) is 0. The van der Waals surface area contributed by atoms with Crippen LogP contribution in [0.4, 0.5) is 14.9 Å². The molecule has 7 nitrogen and oxygen atoms in total. The highest BCUT2D eigenvalue weighted by molar-refractivity contribution is 9.10. The average Bonchev–Trinajstić information content (AvgIpc) is 3.40. The number of rotatable bonds is 6. The van der Waals surface area contributed by atoms with Gasteiger partial charge in [0.05, 0.1) is 5.60 Å². The molecule has 2 amide bonds. The molecule has 0 unspecified atom stereocenters. The molecule has 2 bridgehead atoms. The van der Waals surface area contributed by atoms with Crippen LogP contribution in [0.3, 0.4) is 0 Å². The van der Waals surface area contributed by atoms with Crippen LogP contribution in [0.25, 0.3) is 0 Å². The zero-order chi connectivity index (χ0) is 27.3. The summed E-state index contributed by atoms with van der Waals surface area (Å²) in [6, 6.07) is 8.03. The molecule has 1 aromatic carbocycles. The van der Waals surface area contributed by atoms with Crippen LogP contribution in [-0.2, 0) is 11.1 Å². The van der Waals surface area contributed by atoms with E-state index in [0.29, 0.717) is 25.5 Å². The van der Waals surface area contributed by atoms with E-state index in [-0.39, 0.29) is 28.7 Å². The number of nitrogens with zero attached hydrogens (tertiary/aromatic N) is 4. The van der Waals surface area contributed by atoms with Gasteiger partial charge in [-0.15, -0.1) is 0 Å². The van der Waals surface area contributed by atoms with Gasteiger partial charge in [0.25, 0.3) is 5.89 Å². The number of carbonyl (C=O) groups is 1. The molecule has 0 atom stereocenters. The molecule has 3 aliphatic carbocycles. The number of hydrogen-bond donors (Lipinski definition) is 1. The second-order valence-electron chi connectivity index (χ2n) is 12.9. The van der Waals surface area contributed by atoms with Crippen LogP contribution in [-0.4, -0.2) is 51.4 Å². The highest BCUT2D eigenvalue weighted by Gasteiger charge is 2.53. The van der Waals surface area contributed by atoms with Crippen LogP contribution in [0.2, 0.25) is 0 Å². The topological polar surface area (TPSA) is 82.7 Å². The monoisotopic (exact) mass is 590 g/mol. The number of piperidine rings is 1. The molecule has 2 aromatic rings. The van der Waals surface area contributed by atoms with Gasteiger partial charge in [0.2, 0.25) is 0 Å². The molecular formula is C29H40BrFN4O3. The van der Waals surface area contributed by atoms with Crippen LogP contribution >= 0.6 is 15.9 Å². The summed E-state index contributed by atoms with van der Waals surface area (Å²) in [4.78, 5) is 22.4. The van der Waals surface area contributed by atoms with Crippen molar-refractivity contribution in [3.8, 4) is 0 Å². The van der Waals surface area contributed by atoms with E-state index in [4.69, 9.17) is 4.52 Å². The van der Waals surface area contributed by atoms with Crippen LogP contribution in [0.15, 0.2) is 33.3 Å². The van der Waals surface area contributed by atoms with E-state index in [2.05, 4.69) is 26.1 Å². The number of aliphatic hydroxyl groups is 1. The van der Waals surface area contributed by atoms with E-state index >= 15 is 0 Å². The molecule has 1 saturated heterocycles. The molecule has 0 spiro atoms. The van der Waals surface area contributed by atoms with Gasteiger partial charge >= 0.3 is 6.03 Å². The fourth-order valence-corrected chi connectivity index (χ4v) is 7.10. The van der Waals surface area contributed by atoms with Gasteiger partial charge in [-0.05, 0) is 109 Å². The smallest absolute Gasteiger partial charge is 0.324 e. The van der Waals surface area contributed by atoms with Gasteiger partial charge < -0.3 is 14.5 Å². The molecule has 9 heteroatoms. The number of alkyl halides is 1. The van der Waals surface area contributed by atoms with E-state index in [1.54, 1.807) is 0 Å². The SMILES string of the molecule is CC(C)(F)c1nc(C23CCC(CN(C(=O)N4CCC(C(C)(C)O)CC4)c4cccc(Br)c4)(CC2)CC3)no1. The molecule has 1 aromatic heterocycles. The predicted octanol–water partition coefficient (Wildman–Crippen LogP) is 6.74. The standard InChI is InChI=1S/C29H40BrFN4O3/c1-26(2,31)24-32-23(33-38-24)29-13-10-28(11-14-29,12-15-29)19-35(22-7-5-6-21(30)18-22)25(36)34-16-8-20(9-17-34)27(3,4)37/h5-7,18,20,37H,8-17,19H2,1-4H3. The van der Waals surface area contributed by atoms with Crippen molar-refractivity contribution in [3.63, 3.8) is 0 Å². The predicted molar refractivity (Wildman–Crippen MR) is 148 cm³/mol. The Balaban J connectivity index is 1.33. The van der Waals surface area contributed by atoms with Crippen LogP contribution in [0.1, 0.15) is 90.8 Å². The van der Waals surface area contributed by atoms with Gasteiger partial charge in [0.15, 0.2) is 11.5 Å². The Bertz CT molecular complexity index is 1140. The maximum atomic E-state index is 14.4. The van der Waals surface area contributed by atoms with Gasteiger partial charge in [-0.3, -0.25) is 4.90 Å². The molecule has 4 fully saturated rings. The highest BCUT2D eigenvalue weighted by Crippen LogP contribution is 2.57. The maximum absolute atomic E-state index is 14.4. The Labute approximate surface area is 233 Å². The summed E-state index contributed by atoms with van der Waals surface area (Å²) in [5, 5.41) is 14.7. The molecule has 208 valence electrons. The first-order valence-electron chi connectivity index (χ1n) is 13.9. The lowest BCUT2D eigenvalue weighted by molar-refractivity contribution is -0.00771. The normalized spacial score (nSPS) is 26.6. The molecule has 38 heavy (non-hydrogen) atoms. The van der Waals surface area contributed by atoms with E-state index < -0.39 is 11.3 Å². The Morgan fingerprint density at radius 1 is 1.16 bits per heavy atom. The number of aromatic nitrogens is 2. The van der Waals surface area contributed by atoms with Crippen molar-refractivity contribution in [2.45, 2.75) is 95.7 Å². The van der Waals surface area contributed by atoms with Crippen LogP contribution in [0, 0.1) is 11.3 Å². The van der Waals surface area contributed by atoms with E-state index in [1.807, 2.05) is 47.9 Å². The first-order valence-corrected chi connectivity index (χ1v) is 14.7. The second kappa shape index (κ2) is 9.88. The van der Waals surface area contributed by atoms with Gasteiger partial charge in [0, 0.05) is 35.2 Å². The Morgan fingerprint density at radius 2 is 1.79 bits per heavy atom. The average molecular weight is 592 g/mol. The number of benzene rings is 1. The number of likely N-dealkylation sites (tertiary alicyclic amines) is 1. The lowest BCUT2D eigenvalue weighted by atomic mass is 9.53. The number of hydrogen-bond acceptors (Lipinski definition) is 5. The molecule has 4 aliphatic rings. The minimum absolute atomic E-state index is 0.0249. The molecular weight excluding hydrogens is 551 g/mol. The third-order valence-corrected chi connectivity index (χ3v) is 9.91. The maximum Gasteiger partial charge on any atom is 0.324 e. The first kappa shape index (κ1) is 27.6. The van der Waals surface area contributed by atoms with Gasteiger partial charge in [-0.2, -0.15) is 4.98 Å². The molecule has 2 heterocycles.